The Morgan fingerprint density at radius 2 is 1.88 bits per heavy atom. The quantitative estimate of drug-likeness (QED) is 0.490. The fourth-order valence-electron chi connectivity index (χ4n) is 3.91. The number of likely N-dealkylation sites (N-methyl/N-ethyl adjacent to an activating group) is 1. The van der Waals surface area contributed by atoms with Gasteiger partial charge in [0.2, 0.25) is 5.91 Å². The Morgan fingerprint density at radius 1 is 1.21 bits per heavy atom. The minimum Gasteiger partial charge on any atom is -0.464 e. The van der Waals surface area contributed by atoms with Crippen LogP contribution in [0.5, 0.6) is 0 Å². The fourth-order valence-corrected chi connectivity index (χ4v) is 3.91. The third kappa shape index (κ3) is 5.49. The Labute approximate surface area is 148 Å². The minimum absolute atomic E-state index is 0.0382. The zero-order valence-corrected chi connectivity index (χ0v) is 16.5. The van der Waals surface area contributed by atoms with Crippen LogP contribution >= 0.6 is 0 Å². The first-order valence-electron chi connectivity index (χ1n) is 9.76. The van der Waals surface area contributed by atoms with Crippen LogP contribution in [0.4, 0.5) is 0 Å². The Kier molecular flexibility index (Phi) is 8.79. The second kappa shape index (κ2) is 10.0. The normalized spacial score (nSPS) is 25.4. The molecule has 0 bridgehead atoms. The highest BCUT2D eigenvalue weighted by Crippen LogP contribution is 2.39. The van der Waals surface area contributed by atoms with Crippen LogP contribution in [-0.2, 0) is 14.3 Å². The molecule has 140 valence electrons. The molecule has 0 aromatic carbocycles. The van der Waals surface area contributed by atoms with Gasteiger partial charge in [-0.05, 0) is 43.4 Å². The molecule has 1 aliphatic rings. The van der Waals surface area contributed by atoms with Gasteiger partial charge >= 0.3 is 5.97 Å². The van der Waals surface area contributed by atoms with E-state index in [4.69, 9.17) is 4.74 Å². The van der Waals surface area contributed by atoms with Crippen molar-refractivity contribution in [2.75, 3.05) is 13.7 Å². The number of esters is 1. The largest absolute Gasteiger partial charge is 0.464 e. The molecule has 4 atom stereocenters. The van der Waals surface area contributed by atoms with Gasteiger partial charge in [0.15, 0.2) is 0 Å². The summed E-state index contributed by atoms with van der Waals surface area (Å²) in [6.45, 7) is 11.1. The van der Waals surface area contributed by atoms with Crippen LogP contribution in [0, 0.1) is 23.7 Å². The summed E-state index contributed by atoms with van der Waals surface area (Å²) in [5, 5.41) is 0. The Balaban J connectivity index is 2.79. The summed E-state index contributed by atoms with van der Waals surface area (Å²) in [4.78, 5) is 27.1. The molecule has 0 aliphatic heterocycles. The highest BCUT2D eigenvalue weighted by atomic mass is 16.5. The topological polar surface area (TPSA) is 46.6 Å². The summed E-state index contributed by atoms with van der Waals surface area (Å²) in [6, 6.07) is -0.459. The van der Waals surface area contributed by atoms with Gasteiger partial charge < -0.3 is 9.64 Å². The molecule has 1 amide bonds. The van der Waals surface area contributed by atoms with Crippen molar-refractivity contribution in [2.45, 2.75) is 79.2 Å². The molecule has 0 spiro atoms. The zero-order chi connectivity index (χ0) is 18.3. The summed E-state index contributed by atoms with van der Waals surface area (Å²) < 4.78 is 5.36. The van der Waals surface area contributed by atoms with Gasteiger partial charge in [-0.3, -0.25) is 4.79 Å². The van der Waals surface area contributed by atoms with Gasteiger partial charge in [0.25, 0.3) is 0 Å². The number of nitrogens with zero attached hydrogens (tertiary/aromatic N) is 1. The van der Waals surface area contributed by atoms with Crippen molar-refractivity contribution in [1.29, 1.82) is 0 Å². The van der Waals surface area contributed by atoms with Gasteiger partial charge in [0, 0.05) is 13.0 Å². The van der Waals surface area contributed by atoms with Crippen molar-refractivity contribution in [3.05, 3.63) is 0 Å². The SMILES string of the molecule is CCCCOC(=O)[C@@H](CC)N(C)C(=O)[C@@H]1C[C@H](C)CC[C@H]1C(C)C. The van der Waals surface area contributed by atoms with E-state index >= 15 is 0 Å². The lowest BCUT2D eigenvalue weighted by Crippen LogP contribution is -2.48. The van der Waals surface area contributed by atoms with Gasteiger partial charge in [-0.25, -0.2) is 4.79 Å². The van der Waals surface area contributed by atoms with Crippen LogP contribution in [-0.4, -0.2) is 36.5 Å². The van der Waals surface area contributed by atoms with Gasteiger partial charge in [0.1, 0.15) is 6.04 Å². The Hall–Kier alpha value is -1.06. The van der Waals surface area contributed by atoms with Crippen LogP contribution in [0.25, 0.3) is 0 Å². The summed E-state index contributed by atoms with van der Waals surface area (Å²) in [5.41, 5.74) is 0. The Bertz CT molecular complexity index is 408. The van der Waals surface area contributed by atoms with Crippen LogP contribution in [0.1, 0.15) is 73.1 Å². The first kappa shape index (κ1) is 21.0. The number of rotatable bonds is 8. The summed E-state index contributed by atoms with van der Waals surface area (Å²) in [5.74, 6) is 1.41. The third-order valence-electron chi connectivity index (χ3n) is 5.56. The van der Waals surface area contributed by atoms with Gasteiger partial charge in [-0.2, -0.15) is 0 Å². The molecule has 1 rings (SSSR count). The van der Waals surface area contributed by atoms with E-state index in [9.17, 15) is 9.59 Å². The number of carbonyl (C=O) groups excluding carboxylic acids is 2. The molecule has 4 nitrogen and oxygen atoms in total. The number of carbonyl (C=O) groups is 2. The molecule has 4 heteroatoms. The van der Waals surface area contributed by atoms with Gasteiger partial charge in [-0.1, -0.05) is 47.5 Å². The van der Waals surface area contributed by atoms with Crippen molar-refractivity contribution in [3.8, 4) is 0 Å². The number of hydrogen-bond donors (Lipinski definition) is 0. The molecule has 0 unspecified atom stereocenters. The van der Waals surface area contributed by atoms with E-state index in [1.807, 2.05) is 6.92 Å². The number of amides is 1. The average molecular weight is 340 g/mol. The summed E-state index contributed by atoms with van der Waals surface area (Å²) in [6.07, 6.45) is 5.72. The van der Waals surface area contributed by atoms with Crippen molar-refractivity contribution in [3.63, 3.8) is 0 Å². The maximum atomic E-state index is 13.1. The molecule has 1 aliphatic carbocycles. The molecule has 0 N–H and O–H groups in total. The smallest absolute Gasteiger partial charge is 0.328 e. The molecule has 0 aromatic heterocycles. The van der Waals surface area contributed by atoms with E-state index in [2.05, 4.69) is 27.7 Å². The predicted molar refractivity (Wildman–Crippen MR) is 97.5 cm³/mol. The molecule has 0 aromatic rings. The molecule has 0 heterocycles. The first-order chi connectivity index (χ1) is 11.3. The molecule has 1 saturated carbocycles. The highest BCUT2D eigenvalue weighted by Gasteiger charge is 2.39. The minimum atomic E-state index is -0.459. The van der Waals surface area contributed by atoms with Crippen LogP contribution in [0.2, 0.25) is 0 Å². The number of unbranched alkanes of at least 4 members (excludes halogenated alkanes) is 1. The monoisotopic (exact) mass is 339 g/mol. The summed E-state index contributed by atoms with van der Waals surface area (Å²) in [7, 11) is 1.77. The second-order valence-corrected chi connectivity index (χ2v) is 7.83. The van der Waals surface area contributed by atoms with E-state index in [1.54, 1.807) is 11.9 Å². The zero-order valence-electron chi connectivity index (χ0n) is 16.5. The molecular formula is C20H37NO3. The van der Waals surface area contributed by atoms with Gasteiger partial charge in [0.05, 0.1) is 6.61 Å². The van der Waals surface area contributed by atoms with E-state index in [0.29, 0.717) is 30.8 Å². The second-order valence-electron chi connectivity index (χ2n) is 7.83. The van der Waals surface area contributed by atoms with Crippen LogP contribution in [0.15, 0.2) is 0 Å². The maximum absolute atomic E-state index is 13.1. The van der Waals surface area contributed by atoms with Crippen molar-refractivity contribution >= 4 is 11.9 Å². The van der Waals surface area contributed by atoms with E-state index in [1.165, 1.54) is 6.42 Å². The maximum Gasteiger partial charge on any atom is 0.328 e. The van der Waals surface area contributed by atoms with Crippen LogP contribution < -0.4 is 0 Å². The predicted octanol–water partition coefficient (Wildman–Crippen LogP) is 4.28. The van der Waals surface area contributed by atoms with E-state index < -0.39 is 6.04 Å². The standard InChI is InChI=1S/C20H37NO3/c1-7-9-12-24-20(23)18(8-2)21(6)19(22)17-13-15(5)10-11-16(17)14(3)4/h14-18H,7-13H2,1-6H3/t15-,16+,17-,18-/m1/s1. The highest BCUT2D eigenvalue weighted by molar-refractivity contribution is 5.86. The molecule has 0 radical (unpaired) electrons. The number of ether oxygens (including phenoxy) is 1. The summed E-state index contributed by atoms with van der Waals surface area (Å²) >= 11 is 0. The lowest BCUT2D eigenvalue weighted by Gasteiger charge is -2.39. The third-order valence-corrected chi connectivity index (χ3v) is 5.56. The van der Waals surface area contributed by atoms with Crippen molar-refractivity contribution in [2.24, 2.45) is 23.7 Å². The first-order valence-corrected chi connectivity index (χ1v) is 9.76. The van der Waals surface area contributed by atoms with E-state index in [-0.39, 0.29) is 17.8 Å². The number of hydrogen-bond acceptors (Lipinski definition) is 3. The molecular weight excluding hydrogens is 302 g/mol. The van der Waals surface area contributed by atoms with Crippen molar-refractivity contribution in [1.82, 2.24) is 4.90 Å². The average Bonchev–Trinajstić information content (AvgIpc) is 2.54. The molecule has 1 fully saturated rings. The Morgan fingerprint density at radius 3 is 2.42 bits per heavy atom. The molecule has 0 saturated heterocycles. The molecule has 24 heavy (non-hydrogen) atoms. The van der Waals surface area contributed by atoms with Gasteiger partial charge in [-0.15, -0.1) is 0 Å². The lowest BCUT2D eigenvalue weighted by atomic mass is 9.69. The lowest BCUT2D eigenvalue weighted by molar-refractivity contribution is -0.157. The van der Waals surface area contributed by atoms with E-state index in [0.717, 1.165) is 25.7 Å². The fraction of sp³-hybridized carbons (Fsp3) is 0.900. The van der Waals surface area contributed by atoms with Crippen molar-refractivity contribution < 1.29 is 14.3 Å². The van der Waals surface area contributed by atoms with Crippen LogP contribution in [0.3, 0.4) is 0 Å².